The van der Waals surface area contributed by atoms with Crippen molar-refractivity contribution in [2.24, 2.45) is 0 Å². The zero-order valence-corrected chi connectivity index (χ0v) is 28.6. The van der Waals surface area contributed by atoms with Crippen LogP contribution in [0.5, 0.6) is 0 Å². The first-order valence-corrected chi connectivity index (χ1v) is 17.4. The van der Waals surface area contributed by atoms with E-state index in [0.717, 1.165) is 33.8 Å². The van der Waals surface area contributed by atoms with Crippen molar-refractivity contribution >= 4 is 50.7 Å². The Morgan fingerprint density at radius 2 is 1.57 bits per heavy atom. The molecule has 0 aliphatic heterocycles. The Kier molecular flexibility index (Phi) is 12.3. The lowest BCUT2D eigenvalue weighted by molar-refractivity contribution is -0.140. The fourth-order valence-corrected chi connectivity index (χ4v) is 6.92. The van der Waals surface area contributed by atoms with Crippen molar-refractivity contribution in [3.8, 4) is 0 Å². The highest BCUT2D eigenvalue weighted by molar-refractivity contribution is 7.92. The molecular formula is C36H39Cl2N3O4S. The molecule has 4 rings (SSSR count). The van der Waals surface area contributed by atoms with Crippen LogP contribution in [0.2, 0.25) is 10.0 Å². The third kappa shape index (κ3) is 9.12. The number of unbranched alkanes of at least 4 members (excludes halogenated alkanes) is 1. The lowest BCUT2D eigenvalue weighted by Gasteiger charge is -2.34. The molecule has 2 amide bonds. The van der Waals surface area contributed by atoms with Crippen LogP contribution < -0.4 is 9.62 Å². The summed E-state index contributed by atoms with van der Waals surface area (Å²) in [5, 5.41) is 3.75. The average molecular weight is 681 g/mol. The molecule has 0 heterocycles. The molecule has 0 spiro atoms. The second kappa shape index (κ2) is 16.1. The number of nitrogens with one attached hydrogen (secondary N) is 1. The number of hydrogen-bond donors (Lipinski definition) is 1. The Labute approximate surface area is 282 Å². The molecule has 0 unspecified atom stereocenters. The first-order chi connectivity index (χ1) is 22.0. The van der Waals surface area contributed by atoms with E-state index in [1.54, 1.807) is 48.5 Å². The number of hydrogen-bond acceptors (Lipinski definition) is 4. The molecule has 0 fully saturated rings. The standard InChI is InChI=1S/C36H39Cl2N3O4S/c1-4-5-20-39-36(43)34(22-28-11-7-6-8-12-28)40(24-29-16-17-30(37)23-33(29)38)35(42)25-41(31-13-9-10-27(3)21-31)46(44,45)32-18-14-26(2)15-19-32/h6-19,21,23,34H,4-5,20,22,24-25H2,1-3H3,(H,39,43)/t34-/m1/s1. The highest BCUT2D eigenvalue weighted by Gasteiger charge is 2.35. The van der Waals surface area contributed by atoms with Crippen LogP contribution in [0.4, 0.5) is 5.69 Å². The van der Waals surface area contributed by atoms with Crippen molar-refractivity contribution in [3.05, 3.63) is 129 Å². The minimum atomic E-state index is -4.18. The molecule has 242 valence electrons. The summed E-state index contributed by atoms with van der Waals surface area (Å²) in [6, 6.07) is 26.9. The van der Waals surface area contributed by atoms with Crippen LogP contribution in [0.15, 0.2) is 102 Å². The van der Waals surface area contributed by atoms with Gasteiger partial charge in [-0.25, -0.2) is 8.42 Å². The van der Waals surface area contributed by atoms with Gasteiger partial charge in [0, 0.05) is 29.6 Å². The van der Waals surface area contributed by atoms with E-state index >= 15 is 0 Å². The van der Waals surface area contributed by atoms with Crippen LogP contribution in [-0.4, -0.2) is 44.3 Å². The molecule has 0 aliphatic carbocycles. The van der Waals surface area contributed by atoms with Crippen LogP contribution in [0, 0.1) is 13.8 Å². The summed E-state index contributed by atoms with van der Waals surface area (Å²) < 4.78 is 29.5. The van der Waals surface area contributed by atoms with E-state index in [2.05, 4.69) is 5.32 Å². The third-order valence-electron chi connectivity index (χ3n) is 7.63. The predicted molar refractivity (Wildman–Crippen MR) is 186 cm³/mol. The number of benzene rings is 4. The van der Waals surface area contributed by atoms with Gasteiger partial charge >= 0.3 is 0 Å². The van der Waals surface area contributed by atoms with Crippen molar-refractivity contribution in [1.29, 1.82) is 0 Å². The van der Waals surface area contributed by atoms with E-state index in [0.29, 0.717) is 27.8 Å². The fraction of sp³-hybridized carbons (Fsp3) is 0.278. The molecule has 10 heteroatoms. The second-order valence-electron chi connectivity index (χ2n) is 11.3. The molecule has 4 aromatic carbocycles. The maximum atomic E-state index is 14.6. The molecule has 0 saturated heterocycles. The molecule has 46 heavy (non-hydrogen) atoms. The monoisotopic (exact) mass is 679 g/mol. The fourth-order valence-electron chi connectivity index (χ4n) is 5.04. The molecule has 0 bridgehead atoms. The van der Waals surface area contributed by atoms with Gasteiger partial charge in [0.2, 0.25) is 11.8 Å². The van der Waals surface area contributed by atoms with Gasteiger partial charge in [-0.2, -0.15) is 0 Å². The first-order valence-electron chi connectivity index (χ1n) is 15.2. The van der Waals surface area contributed by atoms with Crippen LogP contribution in [-0.2, 0) is 32.6 Å². The minimum Gasteiger partial charge on any atom is -0.354 e. The van der Waals surface area contributed by atoms with Gasteiger partial charge in [-0.05, 0) is 73.4 Å². The molecule has 7 nitrogen and oxygen atoms in total. The summed E-state index contributed by atoms with van der Waals surface area (Å²) in [6.07, 6.45) is 1.87. The normalized spacial score (nSPS) is 11.9. The van der Waals surface area contributed by atoms with Crippen LogP contribution >= 0.6 is 23.2 Å². The van der Waals surface area contributed by atoms with E-state index in [1.807, 2.05) is 57.2 Å². The quantitative estimate of drug-likeness (QED) is 0.141. The highest BCUT2D eigenvalue weighted by Crippen LogP contribution is 2.28. The number of nitrogens with zero attached hydrogens (tertiary/aromatic N) is 2. The Morgan fingerprint density at radius 1 is 0.848 bits per heavy atom. The molecular weight excluding hydrogens is 641 g/mol. The maximum Gasteiger partial charge on any atom is 0.264 e. The summed E-state index contributed by atoms with van der Waals surface area (Å²) in [4.78, 5) is 29.9. The Hall–Kier alpha value is -3.85. The topological polar surface area (TPSA) is 86.8 Å². The Balaban J connectivity index is 1.81. The lowest BCUT2D eigenvalue weighted by atomic mass is 10.0. The number of halogens is 2. The molecule has 0 aromatic heterocycles. The number of carbonyl (C=O) groups is 2. The van der Waals surface area contributed by atoms with E-state index in [4.69, 9.17) is 23.2 Å². The zero-order chi connectivity index (χ0) is 33.3. The van der Waals surface area contributed by atoms with Crippen molar-refractivity contribution in [3.63, 3.8) is 0 Å². The van der Waals surface area contributed by atoms with Gasteiger partial charge < -0.3 is 10.2 Å². The zero-order valence-electron chi connectivity index (χ0n) is 26.2. The van der Waals surface area contributed by atoms with Gasteiger partial charge in [0.05, 0.1) is 10.6 Å². The van der Waals surface area contributed by atoms with Gasteiger partial charge in [-0.1, -0.05) is 103 Å². The lowest BCUT2D eigenvalue weighted by Crippen LogP contribution is -2.53. The van der Waals surface area contributed by atoms with Gasteiger partial charge in [0.1, 0.15) is 12.6 Å². The second-order valence-corrected chi connectivity index (χ2v) is 14.0. The van der Waals surface area contributed by atoms with Gasteiger partial charge in [0.15, 0.2) is 0 Å². The first kappa shape index (κ1) is 35.0. The molecule has 0 radical (unpaired) electrons. The molecule has 4 aromatic rings. The predicted octanol–water partition coefficient (Wildman–Crippen LogP) is 7.36. The van der Waals surface area contributed by atoms with E-state index in [9.17, 15) is 18.0 Å². The van der Waals surface area contributed by atoms with Gasteiger partial charge in [0.25, 0.3) is 10.0 Å². The number of anilines is 1. The van der Waals surface area contributed by atoms with E-state index in [-0.39, 0.29) is 23.8 Å². The molecule has 1 N–H and O–H groups in total. The largest absolute Gasteiger partial charge is 0.354 e. The molecule has 0 aliphatic rings. The third-order valence-corrected chi connectivity index (χ3v) is 10.0. The number of sulfonamides is 1. The maximum absolute atomic E-state index is 14.6. The SMILES string of the molecule is CCCCNC(=O)[C@@H](Cc1ccccc1)N(Cc1ccc(Cl)cc1Cl)C(=O)CN(c1cccc(C)c1)S(=O)(=O)c1ccc(C)cc1. The highest BCUT2D eigenvalue weighted by atomic mass is 35.5. The minimum absolute atomic E-state index is 0.0419. The average Bonchev–Trinajstić information content (AvgIpc) is 3.03. The van der Waals surface area contributed by atoms with Crippen molar-refractivity contribution < 1.29 is 18.0 Å². The summed E-state index contributed by atoms with van der Waals surface area (Å²) in [5.74, 6) is -0.894. The number of rotatable bonds is 14. The summed E-state index contributed by atoms with van der Waals surface area (Å²) in [5.41, 5.74) is 3.49. The van der Waals surface area contributed by atoms with Crippen molar-refractivity contribution in [2.45, 2.75) is 57.5 Å². The Bertz CT molecular complexity index is 1750. The van der Waals surface area contributed by atoms with Gasteiger partial charge in [-0.3, -0.25) is 13.9 Å². The number of aryl methyl sites for hydroxylation is 2. The van der Waals surface area contributed by atoms with Crippen LogP contribution in [0.1, 0.15) is 42.0 Å². The van der Waals surface area contributed by atoms with Gasteiger partial charge in [-0.15, -0.1) is 0 Å². The van der Waals surface area contributed by atoms with E-state index in [1.165, 1.54) is 17.0 Å². The molecule has 0 saturated carbocycles. The number of amides is 2. The van der Waals surface area contributed by atoms with Crippen molar-refractivity contribution in [2.75, 3.05) is 17.4 Å². The smallest absolute Gasteiger partial charge is 0.264 e. The van der Waals surface area contributed by atoms with E-state index < -0.39 is 28.5 Å². The Morgan fingerprint density at radius 3 is 2.22 bits per heavy atom. The van der Waals surface area contributed by atoms with Crippen LogP contribution in [0.3, 0.4) is 0 Å². The van der Waals surface area contributed by atoms with Crippen molar-refractivity contribution in [1.82, 2.24) is 10.2 Å². The summed E-state index contributed by atoms with van der Waals surface area (Å²) >= 11 is 12.8. The van der Waals surface area contributed by atoms with Crippen LogP contribution in [0.25, 0.3) is 0 Å². The number of carbonyl (C=O) groups excluding carboxylic acids is 2. The summed E-state index contributed by atoms with van der Waals surface area (Å²) in [7, 11) is -4.18. The molecule has 1 atom stereocenters. The summed E-state index contributed by atoms with van der Waals surface area (Å²) in [6.45, 7) is 5.61.